The number of hydrogen-bond donors (Lipinski definition) is 2. The standard InChI is InChI=1S/C25H27NO7/c1-32-18-13-12-17(15-19(18)33-2)22-21(23(29)16-9-5-3-6-10-16)24(30)25(31)26(22)14-8-4-7-11-20(27)28/h3,5-6,9-10,12-13,15,22,29H,4,7-8,11,14H2,1-2H3,(H,27,28)/b23-21-. The fraction of sp³-hybridized carbons (Fsp3) is 0.320. The average molecular weight is 453 g/mol. The van der Waals surface area contributed by atoms with Gasteiger partial charge in [-0.05, 0) is 30.5 Å². The predicted octanol–water partition coefficient (Wildman–Crippen LogP) is 3.77. The molecule has 0 bridgehead atoms. The number of aliphatic hydroxyl groups excluding tert-OH is 1. The van der Waals surface area contributed by atoms with Gasteiger partial charge in [0.2, 0.25) is 0 Å². The highest BCUT2D eigenvalue weighted by atomic mass is 16.5. The topological polar surface area (TPSA) is 113 Å². The first-order chi connectivity index (χ1) is 15.9. The molecule has 0 spiro atoms. The average Bonchev–Trinajstić information content (AvgIpc) is 3.08. The molecule has 1 unspecified atom stereocenters. The highest BCUT2D eigenvalue weighted by Crippen LogP contribution is 2.42. The van der Waals surface area contributed by atoms with Gasteiger partial charge < -0.3 is 24.6 Å². The Bertz CT molecular complexity index is 1060. The van der Waals surface area contributed by atoms with E-state index in [1.165, 1.54) is 19.1 Å². The fourth-order valence-corrected chi connectivity index (χ4v) is 3.97. The molecule has 174 valence electrons. The third-order valence-electron chi connectivity index (χ3n) is 5.60. The van der Waals surface area contributed by atoms with Gasteiger partial charge in [-0.1, -0.05) is 42.8 Å². The normalized spacial score (nSPS) is 17.3. The molecule has 8 nitrogen and oxygen atoms in total. The molecule has 1 heterocycles. The SMILES string of the molecule is COc1ccc(C2/C(=C(/O)c3ccccc3)C(=O)C(=O)N2CCCCCC(=O)O)cc1OC. The van der Waals surface area contributed by atoms with Crippen LogP contribution in [0.5, 0.6) is 11.5 Å². The molecule has 1 aliphatic rings. The van der Waals surface area contributed by atoms with Crippen molar-refractivity contribution in [1.82, 2.24) is 4.90 Å². The number of carboxylic acid groups (broad SMARTS) is 1. The van der Waals surface area contributed by atoms with Crippen molar-refractivity contribution >= 4 is 23.4 Å². The number of ether oxygens (including phenoxy) is 2. The van der Waals surface area contributed by atoms with E-state index in [1.807, 2.05) is 0 Å². The molecule has 0 aromatic heterocycles. The van der Waals surface area contributed by atoms with E-state index < -0.39 is 23.7 Å². The van der Waals surface area contributed by atoms with Crippen LogP contribution < -0.4 is 9.47 Å². The Labute approximate surface area is 192 Å². The van der Waals surface area contributed by atoms with Crippen LogP contribution in [-0.4, -0.2) is 53.5 Å². The van der Waals surface area contributed by atoms with Crippen molar-refractivity contribution < 1.29 is 34.1 Å². The van der Waals surface area contributed by atoms with Crippen LogP contribution in [0.25, 0.3) is 5.76 Å². The Morgan fingerprint density at radius 1 is 0.939 bits per heavy atom. The molecule has 2 N–H and O–H groups in total. The zero-order chi connectivity index (χ0) is 24.0. The van der Waals surface area contributed by atoms with E-state index in [0.29, 0.717) is 41.9 Å². The van der Waals surface area contributed by atoms with E-state index in [1.54, 1.807) is 48.5 Å². The summed E-state index contributed by atoms with van der Waals surface area (Å²) < 4.78 is 10.7. The first kappa shape index (κ1) is 23.8. The molecule has 1 fully saturated rings. The van der Waals surface area contributed by atoms with E-state index in [4.69, 9.17) is 14.6 Å². The second-order valence-corrected chi connectivity index (χ2v) is 7.68. The third kappa shape index (κ3) is 5.16. The highest BCUT2D eigenvalue weighted by molar-refractivity contribution is 6.46. The predicted molar refractivity (Wildman–Crippen MR) is 121 cm³/mol. The Kier molecular flexibility index (Phi) is 7.71. The summed E-state index contributed by atoms with van der Waals surface area (Å²) >= 11 is 0. The third-order valence-corrected chi connectivity index (χ3v) is 5.60. The first-order valence-corrected chi connectivity index (χ1v) is 10.7. The molecule has 1 amide bonds. The van der Waals surface area contributed by atoms with Crippen LogP contribution in [0.15, 0.2) is 54.1 Å². The summed E-state index contributed by atoms with van der Waals surface area (Å²) in [5.41, 5.74) is 1.03. The maximum atomic E-state index is 13.0. The van der Waals surface area contributed by atoms with Crippen LogP contribution in [-0.2, 0) is 14.4 Å². The van der Waals surface area contributed by atoms with Crippen LogP contribution in [0.3, 0.4) is 0 Å². The number of methoxy groups -OCH3 is 2. The molecular weight excluding hydrogens is 426 g/mol. The number of ketones is 1. The van der Waals surface area contributed by atoms with Gasteiger partial charge in [-0.15, -0.1) is 0 Å². The quantitative estimate of drug-likeness (QED) is 0.244. The van der Waals surface area contributed by atoms with Crippen LogP contribution in [0.1, 0.15) is 42.9 Å². The Balaban J connectivity index is 2.02. The number of aliphatic carboxylic acids is 1. The van der Waals surface area contributed by atoms with Gasteiger partial charge in [0, 0.05) is 18.5 Å². The van der Waals surface area contributed by atoms with Gasteiger partial charge in [0.05, 0.1) is 25.8 Å². The monoisotopic (exact) mass is 453 g/mol. The smallest absolute Gasteiger partial charge is 0.303 e. The summed E-state index contributed by atoms with van der Waals surface area (Å²) in [5, 5.41) is 19.8. The molecule has 1 saturated heterocycles. The van der Waals surface area contributed by atoms with Crippen molar-refractivity contribution in [2.24, 2.45) is 0 Å². The molecule has 1 aliphatic heterocycles. The maximum Gasteiger partial charge on any atom is 0.303 e. The fourth-order valence-electron chi connectivity index (χ4n) is 3.97. The largest absolute Gasteiger partial charge is 0.507 e. The van der Waals surface area contributed by atoms with Crippen LogP contribution in [0, 0.1) is 0 Å². The summed E-state index contributed by atoms with van der Waals surface area (Å²) in [6.07, 6.45) is 1.64. The number of aliphatic hydroxyl groups is 1. The van der Waals surface area contributed by atoms with Crippen molar-refractivity contribution in [3.8, 4) is 11.5 Å². The summed E-state index contributed by atoms with van der Waals surface area (Å²) in [4.78, 5) is 38.2. The summed E-state index contributed by atoms with van der Waals surface area (Å²) in [6, 6.07) is 12.9. The van der Waals surface area contributed by atoms with E-state index in [2.05, 4.69) is 0 Å². The van der Waals surface area contributed by atoms with Gasteiger partial charge in [-0.25, -0.2) is 0 Å². The van der Waals surface area contributed by atoms with Gasteiger partial charge in [0.1, 0.15) is 5.76 Å². The number of amides is 1. The molecule has 8 heteroatoms. The van der Waals surface area contributed by atoms with Crippen molar-refractivity contribution in [2.75, 3.05) is 20.8 Å². The molecule has 0 aliphatic carbocycles. The first-order valence-electron chi connectivity index (χ1n) is 10.7. The number of nitrogens with zero attached hydrogens (tertiary/aromatic N) is 1. The minimum absolute atomic E-state index is 0.00366. The highest BCUT2D eigenvalue weighted by Gasteiger charge is 2.46. The summed E-state index contributed by atoms with van der Waals surface area (Å²) in [6.45, 7) is 0.245. The number of carbonyl (C=O) groups is 3. The van der Waals surface area contributed by atoms with Crippen molar-refractivity contribution in [3.05, 3.63) is 65.2 Å². The van der Waals surface area contributed by atoms with Crippen molar-refractivity contribution in [1.29, 1.82) is 0 Å². The van der Waals surface area contributed by atoms with E-state index >= 15 is 0 Å². The Hall–Kier alpha value is -3.81. The number of likely N-dealkylation sites (tertiary alicyclic amines) is 1. The molecule has 3 rings (SSSR count). The Morgan fingerprint density at radius 2 is 1.64 bits per heavy atom. The van der Waals surface area contributed by atoms with Crippen molar-refractivity contribution in [2.45, 2.75) is 31.7 Å². The van der Waals surface area contributed by atoms with Crippen molar-refractivity contribution in [3.63, 3.8) is 0 Å². The van der Waals surface area contributed by atoms with Gasteiger partial charge in [0.15, 0.2) is 11.5 Å². The minimum Gasteiger partial charge on any atom is -0.507 e. The van der Waals surface area contributed by atoms with E-state index in [-0.39, 0.29) is 24.3 Å². The second kappa shape index (κ2) is 10.7. The zero-order valence-corrected chi connectivity index (χ0v) is 18.6. The molecule has 0 radical (unpaired) electrons. The number of benzene rings is 2. The Morgan fingerprint density at radius 3 is 2.27 bits per heavy atom. The van der Waals surface area contributed by atoms with Gasteiger partial charge in [-0.2, -0.15) is 0 Å². The number of rotatable bonds is 10. The lowest BCUT2D eigenvalue weighted by Gasteiger charge is -2.26. The molecule has 0 saturated carbocycles. The molecular formula is C25H27NO7. The van der Waals surface area contributed by atoms with Gasteiger partial charge in [0.25, 0.3) is 11.7 Å². The minimum atomic E-state index is -0.872. The van der Waals surface area contributed by atoms with Crippen LogP contribution >= 0.6 is 0 Å². The summed E-state index contributed by atoms with van der Waals surface area (Å²) in [7, 11) is 3.00. The number of carboxylic acids is 1. The number of Topliss-reactive ketones (excluding diaryl/α,β-unsaturated/α-hetero) is 1. The number of unbranched alkanes of at least 4 members (excludes halogenated alkanes) is 2. The molecule has 2 aromatic rings. The molecule has 1 atom stereocenters. The summed E-state index contributed by atoms with van der Waals surface area (Å²) in [5.74, 6) is -1.66. The number of carbonyl (C=O) groups excluding carboxylic acids is 2. The van der Waals surface area contributed by atoms with E-state index in [0.717, 1.165) is 0 Å². The lowest BCUT2D eigenvalue weighted by atomic mass is 9.95. The van der Waals surface area contributed by atoms with Crippen LogP contribution in [0.2, 0.25) is 0 Å². The van der Waals surface area contributed by atoms with Gasteiger partial charge >= 0.3 is 5.97 Å². The lowest BCUT2D eigenvalue weighted by molar-refractivity contribution is -0.140. The maximum absolute atomic E-state index is 13.0. The molecule has 33 heavy (non-hydrogen) atoms. The second-order valence-electron chi connectivity index (χ2n) is 7.68. The lowest BCUT2D eigenvalue weighted by Crippen LogP contribution is -2.30. The molecule has 2 aromatic carbocycles. The zero-order valence-electron chi connectivity index (χ0n) is 18.6. The van der Waals surface area contributed by atoms with Gasteiger partial charge in [-0.3, -0.25) is 14.4 Å². The van der Waals surface area contributed by atoms with Crippen LogP contribution in [0.4, 0.5) is 0 Å². The van der Waals surface area contributed by atoms with E-state index in [9.17, 15) is 19.5 Å². The number of hydrogen-bond acceptors (Lipinski definition) is 6.